The first kappa shape index (κ1) is 11.3. The zero-order valence-electron chi connectivity index (χ0n) is 7.99. The zero-order valence-corrected chi connectivity index (χ0v) is 9.58. The van der Waals surface area contributed by atoms with Crippen molar-refractivity contribution in [2.75, 3.05) is 7.11 Å². The first-order chi connectivity index (χ1) is 7.22. The Morgan fingerprint density at radius 3 is 2.60 bits per heavy atom. The van der Waals surface area contributed by atoms with Crippen LogP contribution in [0.2, 0.25) is 0 Å². The van der Waals surface area contributed by atoms with Gasteiger partial charge in [0, 0.05) is 10.1 Å². The third-order valence-electron chi connectivity index (χ3n) is 1.76. The summed E-state index contributed by atoms with van der Waals surface area (Å²) in [6.07, 6.45) is 6.96. The van der Waals surface area contributed by atoms with Crippen LogP contribution in [0.1, 0.15) is 0 Å². The number of nitriles is 2. The molecule has 15 heavy (non-hydrogen) atoms. The van der Waals surface area contributed by atoms with Gasteiger partial charge in [0.15, 0.2) is 0 Å². The van der Waals surface area contributed by atoms with Crippen molar-refractivity contribution in [3.8, 4) is 12.1 Å². The Hall–Kier alpha value is -1.78. The Bertz CT molecular complexity index is 454. The van der Waals surface area contributed by atoms with Crippen LogP contribution in [-0.4, -0.2) is 7.11 Å². The molecule has 0 unspecified atom stereocenters. The topological polar surface area (TPSA) is 56.8 Å². The highest BCUT2D eigenvalue weighted by Crippen LogP contribution is 2.24. The fraction of sp³-hybridized carbons (Fsp3) is 0.0909. The minimum atomic E-state index is 0.0313. The molecule has 0 bridgehead atoms. The average Bonchev–Trinajstić information content (AvgIpc) is 2.42. The molecule has 0 radical (unpaired) electrons. The second-order valence-corrected chi connectivity index (χ2v) is 3.55. The minimum absolute atomic E-state index is 0.0313. The van der Waals surface area contributed by atoms with Gasteiger partial charge in [-0.3, -0.25) is 0 Å². The highest BCUT2D eigenvalue weighted by molar-refractivity contribution is 9.11. The summed E-state index contributed by atoms with van der Waals surface area (Å²) in [4.78, 5) is 0. The summed E-state index contributed by atoms with van der Waals surface area (Å²) in [5.41, 5.74) is 0.517. The largest absolute Gasteiger partial charge is 0.496 e. The summed E-state index contributed by atoms with van der Waals surface area (Å²) in [5, 5.41) is 17.6. The lowest BCUT2D eigenvalue weighted by molar-refractivity contribution is 0.302. The Morgan fingerprint density at radius 1 is 1.40 bits per heavy atom. The molecule has 3 nitrogen and oxygen atoms in total. The summed E-state index contributed by atoms with van der Waals surface area (Å²) >= 11 is 3.29. The van der Waals surface area contributed by atoms with Crippen LogP contribution in [-0.2, 0) is 4.74 Å². The van der Waals surface area contributed by atoms with E-state index >= 15 is 0 Å². The van der Waals surface area contributed by atoms with E-state index < -0.39 is 0 Å². The van der Waals surface area contributed by atoms with E-state index in [4.69, 9.17) is 15.3 Å². The first-order valence-corrected chi connectivity index (χ1v) is 4.86. The van der Waals surface area contributed by atoms with Crippen LogP contribution in [0.5, 0.6) is 0 Å². The van der Waals surface area contributed by atoms with Crippen LogP contribution in [0.3, 0.4) is 0 Å². The number of methoxy groups -OCH3 is 1. The molecule has 1 rings (SSSR count). The SMILES string of the molecule is COC1=CC=CC(Br)=CC1=C(C#N)C#N. The van der Waals surface area contributed by atoms with Gasteiger partial charge in [-0.1, -0.05) is 22.0 Å². The maximum absolute atomic E-state index is 8.79. The van der Waals surface area contributed by atoms with Crippen molar-refractivity contribution in [2.24, 2.45) is 0 Å². The summed E-state index contributed by atoms with van der Waals surface area (Å²) in [6, 6.07) is 3.68. The van der Waals surface area contributed by atoms with Gasteiger partial charge < -0.3 is 4.74 Å². The Kier molecular flexibility index (Phi) is 3.91. The number of allylic oxidation sites excluding steroid dienone is 6. The number of ether oxygens (including phenoxy) is 1. The summed E-state index contributed by atoms with van der Waals surface area (Å²) in [5.74, 6) is 0.499. The molecular formula is C11H7BrN2O. The van der Waals surface area contributed by atoms with E-state index in [2.05, 4.69) is 15.9 Å². The molecule has 0 saturated heterocycles. The lowest BCUT2D eigenvalue weighted by atomic mass is 10.1. The lowest BCUT2D eigenvalue weighted by Gasteiger charge is -2.05. The zero-order chi connectivity index (χ0) is 11.3. The van der Waals surface area contributed by atoms with E-state index in [1.54, 1.807) is 24.3 Å². The van der Waals surface area contributed by atoms with E-state index in [-0.39, 0.29) is 5.57 Å². The number of halogens is 1. The van der Waals surface area contributed by atoms with Crippen molar-refractivity contribution >= 4 is 15.9 Å². The van der Waals surface area contributed by atoms with Gasteiger partial charge in [0.2, 0.25) is 0 Å². The van der Waals surface area contributed by atoms with E-state index in [0.717, 1.165) is 4.48 Å². The number of rotatable bonds is 1. The van der Waals surface area contributed by atoms with Gasteiger partial charge >= 0.3 is 0 Å². The number of nitrogens with zero attached hydrogens (tertiary/aromatic N) is 2. The molecule has 1 aliphatic carbocycles. The fourth-order valence-electron chi connectivity index (χ4n) is 1.09. The van der Waals surface area contributed by atoms with Gasteiger partial charge in [0.25, 0.3) is 0 Å². The Morgan fingerprint density at radius 2 is 2.07 bits per heavy atom. The standard InChI is InChI=1S/C11H7BrN2O/c1-15-11-4-2-3-9(12)5-10(11)8(6-13)7-14/h2-5H,1H3. The second kappa shape index (κ2) is 5.19. The molecule has 0 atom stereocenters. The van der Waals surface area contributed by atoms with Crippen LogP contribution >= 0.6 is 15.9 Å². The third kappa shape index (κ3) is 2.59. The van der Waals surface area contributed by atoms with Crippen molar-refractivity contribution in [2.45, 2.75) is 0 Å². The van der Waals surface area contributed by atoms with E-state index in [1.165, 1.54) is 7.11 Å². The maximum atomic E-state index is 8.79. The van der Waals surface area contributed by atoms with Gasteiger partial charge in [-0.25, -0.2) is 0 Å². The molecule has 0 aromatic carbocycles. The predicted octanol–water partition coefficient (Wildman–Crippen LogP) is 2.71. The first-order valence-electron chi connectivity index (χ1n) is 4.07. The molecule has 0 heterocycles. The normalized spacial score (nSPS) is 14.3. The van der Waals surface area contributed by atoms with Crippen LogP contribution in [0.25, 0.3) is 0 Å². The summed E-state index contributed by atoms with van der Waals surface area (Å²) < 4.78 is 5.88. The molecule has 0 amide bonds. The van der Waals surface area contributed by atoms with E-state index in [1.807, 2.05) is 12.1 Å². The molecule has 4 heteroatoms. The third-order valence-corrected chi connectivity index (χ3v) is 2.26. The van der Waals surface area contributed by atoms with Crippen LogP contribution in [0.4, 0.5) is 0 Å². The molecule has 0 spiro atoms. The van der Waals surface area contributed by atoms with Crippen molar-refractivity contribution in [1.29, 1.82) is 10.5 Å². The lowest BCUT2D eigenvalue weighted by Crippen LogP contribution is -1.93. The van der Waals surface area contributed by atoms with Gasteiger partial charge in [-0.05, 0) is 18.2 Å². The highest BCUT2D eigenvalue weighted by atomic mass is 79.9. The Labute approximate surface area is 96.4 Å². The molecule has 0 fully saturated rings. The van der Waals surface area contributed by atoms with Crippen molar-refractivity contribution in [1.82, 2.24) is 0 Å². The monoisotopic (exact) mass is 262 g/mol. The molecule has 0 saturated carbocycles. The molecule has 74 valence electrons. The quantitative estimate of drug-likeness (QED) is 0.683. The van der Waals surface area contributed by atoms with Crippen molar-refractivity contribution < 1.29 is 4.74 Å². The number of hydrogen-bond donors (Lipinski definition) is 0. The molecule has 0 aliphatic heterocycles. The van der Waals surface area contributed by atoms with Gasteiger partial charge in [0.05, 0.1) is 7.11 Å². The van der Waals surface area contributed by atoms with Gasteiger partial charge in [0.1, 0.15) is 23.5 Å². The molecule has 0 aromatic rings. The molecule has 0 aromatic heterocycles. The van der Waals surface area contributed by atoms with Gasteiger partial charge in [-0.2, -0.15) is 10.5 Å². The maximum Gasteiger partial charge on any atom is 0.140 e. The number of hydrogen-bond acceptors (Lipinski definition) is 3. The molecule has 0 N–H and O–H groups in total. The van der Waals surface area contributed by atoms with Gasteiger partial charge in [-0.15, -0.1) is 0 Å². The predicted molar refractivity (Wildman–Crippen MR) is 59.5 cm³/mol. The smallest absolute Gasteiger partial charge is 0.140 e. The van der Waals surface area contributed by atoms with Crippen LogP contribution in [0.15, 0.2) is 45.7 Å². The summed E-state index contributed by atoms with van der Waals surface area (Å²) in [7, 11) is 1.50. The summed E-state index contributed by atoms with van der Waals surface area (Å²) in [6.45, 7) is 0. The average molecular weight is 263 g/mol. The molecule has 1 aliphatic rings. The van der Waals surface area contributed by atoms with Crippen molar-refractivity contribution in [3.63, 3.8) is 0 Å². The van der Waals surface area contributed by atoms with E-state index in [9.17, 15) is 0 Å². The van der Waals surface area contributed by atoms with Crippen LogP contribution < -0.4 is 0 Å². The van der Waals surface area contributed by atoms with Crippen molar-refractivity contribution in [3.05, 3.63) is 45.7 Å². The van der Waals surface area contributed by atoms with Crippen LogP contribution in [0, 0.1) is 22.7 Å². The fourth-order valence-corrected chi connectivity index (χ4v) is 1.47. The molecular weight excluding hydrogens is 256 g/mol. The second-order valence-electron chi connectivity index (χ2n) is 2.64. The minimum Gasteiger partial charge on any atom is -0.496 e. The highest BCUT2D eigenvalue weighted by Gasteiger charge is 2.11. The van der Waals surface area contributed by atoms with E-state index in [0.29, 0.717) is 11.3 Å². The Balaban J connectivity index is 3.39.